The maximum Gasteiger partial charge on any atom is 0.259 e. The van der Waals surface area contributed by atoms with Crippen LogP contribution in [0.3, 0.4) is 0 Å². The van der Waals surface area contributed by atoms with Crippen LogP contribution in [0.25, 0.3) is 16.7 Å². The molecule has 30 heavy (non-hydrogen) atoms. The number of nitrogens with one attached hydrogen (secondary N) is 2. The smallest absolute Gasteiger partial charge is 0.259 e. The molecule has 2 aromatic carbocycles. The summed E-state index contributed by atoms with van der Waals surface area (Å²) >= 11 is 0. The van der Waals surface area contributed by atoms with Gasteiger partial charge in [-0.25, -0.2) is 9.67 Å². The van der Waals surface area contributed by atoms with E-state index in [1.54, 1.807) is 16.8 Å². The van der Waals surface area contributed by atoms with E-state index >= 15 is 0 Å². The molecular formula is C23H21N5O2. The van der Waals surface area contributed by atoms with Gasteiger partial charge in [-0.2, -0.15) is 5.10 Å². The summed E-state index contributed by atoms with van der Waals surface area (Å²) < 4.78 is 1.65. The molecule has 0 atom stereocenters. The summed E-state index contributed by atoms with van der Waals surface area (Å²) in [4.78, 5) is 28.9. The molecule has 0 saturated carbocycles. The topological polar surface area (TPSA) is 88.9 Å². The number of benzene rings is 2. The van der Waals surface area contributed by atoms with Crippen molar-refractivity contribution in [1.29, 1.82) is 0 Å². The van der Waals surface area contributed by atoms with Crippen molar-refractivity contribution in [2.24, 2.45) is 0 Å². The van der Waals surface area contributed by atoms with Crippen LogP contribution >= 0.6 is 0 Å². The molecule has 0 bridgehead atoms. The Morgan fingerprint density at radius 1 is 0.967 bits per heavy atom. The highest BCUT2D eigenvalue weighted by Gasteiger charge is 2.17. The number of carbonyl (C=O) groups excluding carboxylic acids is 2. The number of aryl methyl sites for hydroxylation is 1. The van der Waals surface area contributed by atoms with Gasteiger partial charge in [0, 0.05) is 23.7 Å². The second-order valence-corrected chi connectivity index (χ2v) is 7.08. The van der Waals surface area contributed by atoms with Gasteiger partial charge in [0.25, 0.3) is 5.91 Å². The van der Waals surface area contributed by atoms with Gasteiger partial charge in [0.15, 0.2) is 5.82 Å². The van der Waals surface area contributed by atoms with Gasteiger partial charge in [-0.1, -0.05) is 24.3 Å². The van der Waals surface area contributed by atoms with E-state index in [-0.39, 0.29) is 11.8 Å². The fraction of sp³-hybridized carbons (Fsp3) is 0.130. The highest BCUT2D eigenvalue weighted by atomic mass is 16.2. The van der Waals surface area contributed by atoms with Crippen LogP contribution in [-0.4, -0.2) is 26.6 Å². The third-order valence-corrected chi connectivity index (χ3v) is 4.86. The number of hydrogen-bond acceptors (Lipinski definition) is 4. The van der Waals surface area contributed by atoms with E-state index < -0.39 is 0 Å². The zero-order valence-electron chi connectivity index (χ0n) is 16.9. The minimum atomic E-state index is -0.275. The quantitative estimate of drug-likeness (QED) is 0.537. The van der Waals surface area contributed by atoms with Crippen molar-refractivity contribution in [2.75, 3.05) is 10.6 Å². The molecule has 4 aromatic rings. The predicted molar refractivity (Wildman–Crippen MR) is 117 cm³/mol. The molecule has 0 aliphatic carbocycles. The number of aromatic nitrogens is 3. The van der Waals surface area contributed by atoms with Crippen LogP contribution in [0.15, 0.2) is 60.8 Å². The van der Waals surface area contributed by atoms with E-state index in [0.717, 1.165) is 16.5 Å². The summed E-state index contributed by atoms with van der Waals surface area (Å²) in [5.74, 6) is 0.202. The SMILES string of the molecule is CC(=O)Nc1ccc(C)c(NC(=O)c2cnn(-c3ccc4ccccc4n3)c2C)c1. The van der Waals surface area contributed by atoms with E-state index in [4.69, 9.17) is 0 Å². The van der Waals surface area contributed by atoms with Gasteiger partial charge in [0.05, 0.1) is 23.0 Å². The van der Waals surface area contributed by atoms with E-state index in [1.807, 2.05) is 56.3 Å². The number of fused-ring (bicyclic) bond motifs is 1. The van der Waals surface area contributed by atoms with Gasteiger partial charge < -0.3 is 10.6 Å². The summed E-state index contributed by atoms with van der Waals surface area (Å²) in [6.45, 7) is 5.17. The fourth-order valence-electron chi connectivity index (χ4n) is 3.26. The zero-order valence-corrected chi connectivity index (χ0v) is 16.9. The minimum absolute atomic E-state index is 0.170. The van der Waals surface area contributed by atoms with Gasteiger partial charge in [-0.05, 0) is 49.7 Å². The van der Waals surface area contributed by atoms with Crippen LogP contribution in [0.1, 0.15) is 28.5 Å². The van der Waals surface area contributed by atoms with Gasteiger partial charge in [-0.15, -0.1) is 0 Å². The normalized spacial score (nSPS) is 10.8. The van der Waals surface area contributed by atoms with Crippen LogP contribution in [0, 0.1) is 13.8 Å². The number of rotatable bonds is 4. The lowest BCUT2D eigenvalue weighted by molar-refractivity contribution is -0.114. The Balaban J connectivity index is 1.62. The maximum atomic E-state index is 12.9. The second kappa shape index (κ2) is 7.79. The Morgan fingerprint density at radius 3 is 2.57 bits per heavy atom. The molecule has 0 fully saturated rings. The number of anilines is 2. The van der Waals surface area contributed by atoms with E-state index in [1.165, 1.54) is 13.1 Å². The summed E-state index contributed by atoms with van der Waals surface area (Å²) in [6, 6.07) is 17.1. The molecular weight excluding hydrogens is 378 g/mol. The Labute approximate surface area is 173 Å². The molecule has 7 nitrogen and oxygen atoms in total. The Kier molecular flexibility index (Phi) is 5.02. The van der Waals surface area contributed by atoms with Crippen molar-refractivity contribution in [1.82, 2.24) is 14.8 Å². The van der Waals surface area contributed by atoms with Crippen molar-refractivity contribution >= 4 is 34.1 Å². The first kappa shape index (κ1) is 19.3. The van der Waals surface area contributed by atoms with E-state index in [2.05, 4.69) is 20.7 Å². The number of pyridine rings is 1. The van der Waals surface area contributed by atoms with Crippen molar-refractivity contribution in [2.45, 2.75) is 20.8 Å². The molecule has 150 valence electrons. The summed E-state index contributed by atoms with van der Waals surface area (Å²) in [7, 11) is 0. The first-order valence-electron chi connectivity index (χ1n) is 9.53. The first-order valence-corrected chi connectivity index (χ1v) is 9.53. The molecule has 0 radical (unpaired) electrons. The van der Waals surface area contributed by atoms with Crippen molar-refractivity contribution in [3.8, 4) is 5.82 Å². The highest BCUT2D eigenvalue weighted by molar-refractivity contribution is 6.05. The average Bonchev–Trinajstić information content (AvgIpc) is 3.11. The van der Waals surface area contributed by atoms with Gasteiger partial charge in [0.1, 0.15) is 0 Å². The molecule has 7 heteroatoms. The minimum Gasteiger partial charge on any atom is -0.326 e. The Morgan fingerprint density at radius 2 is 1.77 bits per heavy atom. The molecule has 4 rings (SSSR count). The maximum absolute atomic E-state index is 12.9. The Hall–Kier alpha value is -4.00. The summed E-state index contributed by atoms with van der Waals surface area (Å²) in [5, 5.41) is 11.0. The molecule has 0 aliphatic rings. The molecule has 0 aliphatic heterocycles. The lowest BCUT2D eigenvalue weighted by atomic mass is 10.1. The van der Waals surface area contributed by atoms with Crippen LogP contribution < -0.4 is 10.6 Å². The Bertz CT molecular complexity index is 1280. The average molecular weight is 399 g/mol. The van der Waals surface area contributed by atoms with E-state index in [0.29, 0.717) is 28.5 Å². The van der Waals surface area contributed by atoms with Crippen molar-refractivity contribution in [3.63, 3.8) is 0 Å². The monoisotopic (exact) mass is 399 g/mol. The lowest BCUT2D eigenvalue weighted by Gasteiger charge is -2.11. The summed E-state index contributed by atoms with van der Waals surface area (Å²) in [6.07, 6.45) is 1.54. The molecule has 2 amide bonds. The third-order valence-electron chi connectivity index (χ3n) is 4.86. The fourth-order valence-corrected chi connectivity index (χ4v) is 3.26. The molecule has 0 saturated heterocycles. The largest absolute Gasteiger partial charge is 0.326 e. The third kappa shape index (κ3) is 3.77. The first-order chi connectivity index (χ1) is 14.4. The van der Waals surface area contributed by atoms with Crippen molar-refractivity contribution < 1.29 is 9.59 Å². The molecule has 0 unspecified atom stereocenters. The molecule has 0 spiro atoms. The van der Waals surface area contributed by atoms with Crippen LogP contribution in [0.5, 0.6) is 0 Å². The second-order valence-electron chi connectivity index (χ2n) is 7.08. The van der Waals surface area contributed by atoms with Gasteiger partial charge in [0.2, 0.25) is 5.91 Å². The number of hydrogen-bond donors (Lipinski definition) is 2. The van der Waals surface area contributed by atoms with Crippen LogP contribution in [0.2, 0.25) is 0 Å². The standard InChI is InChI=1S/C23H21N5O2/c1-14-8-10-18(25-16(3)29)12-21(14)27-23(30)19-13-24-28(15(19)2)22-11-9-17-6-4-5-7-20(17)26-22/h4-13H,1-3H3,(H,25,29)(H,27,30). The predicted octanol–water partition coefficient (Wildman–Crippen LogP) is 4.25. The van der Waals surface area contributed by atoms with Crippen LogP contribution in [0.4, 0.5) is 11.4 Å². The molecule has 2 aromatic heterocycles. The highest BCUT2D eigenvalue weighted by Crippen LogP contribution is 2.22. The number of para-hydroxylation sites is 1. The van der Waals surface area contributed by atoms with Gasteiger partial charge >= 0.3 is 0 Å². The number of nitrogens with zero attached hydrogens (tertiary/aromatic N) is 3. The number of amides is 2. The molecule has 2 N–H and O–H groups in total. The van der Waals surface area contributed by atoms with Crippen LogP contribution in [-0.2, 0) is 4.79 Å². The zero-order chi connectivity index (χ0) is 21.3. The van der Waals surface area contributed by atoms with Gasteiger partial charge in [-0.3, -0.25) is 9.59 Å². The number of carbonyl (C=O) groups is 2. The van der Waals surface area contributed by atoms with Crippen molar-refractivity contribution in [3.05, 3.63) is 77.6 Å². The summed E-state index contributed by atoms with van der Waals surface area (Å²) in [5.41, 5.74) is 4.14. The van der Waals surface area contributed by atoms with E-state index in [9.17, 15) is 9.59 Å². The lowest BCUT2D eigenvalue weighted by Crippen LogP contribution is -2.15. The molecule has 2 heterocycles.